The van der Waals surface area contributed by atoms with Crippen LogP contribution in [0.15, 0.2) is 48.5 Å². The molecule has 1 fully saturated rings. The topological polar surface area (TPSA) is 102 Å². The molecule has 2 aromatic rings. The quantitative estimate of drug-likeness (QED) is 0.631. The highest BCUT2D eigenvalue weighted by molar-refractivity contribution is 5.96. The summed E-state index contributed by atoms with van der Waals surface area (Å²) in [6, 6.07) is 13.4. The van der Waals surface area contributed by atoms with Crippen LogP contribution in [0, 0.1) is 16.0 Å². The molecule has 146 valence electrons. The number of anilines is 1. The molecule has 1 N–H and O–H groups in total. The molecule has 0 aromatic heterocycles. The zero-order valence-corrected chi connectivity index (χ0v) is 15.5. The Hall–Kier alpha value is -3.42. The van der Waals surface area contributed by atoms with Crippen LogP contribution < -0.4 is 10.1 Å². The minimum Gasteiger partial charge on any atom is -0.490 e. The Morgan fingerprint density at radius 1 is 1.14 bits per heavy atom. The summed E-state index contributed by atoms with van der Waals surface area (Å²) in [5.41, 5.74) is 0.738. The van der Waals surface area contributed by atoms with Crippen LogP contribution in [0.5, 0.6) is 5.75 Å². The molecule has 0 radical (unpaired) electrons. The highest BCUT2D eigenvalue weighted by atomic mass is 16.6. The Labute approximate surface area is 162 Å². The molecule has 0 aliphatic carbocycles. The van der Waals surface area contributed by atoms with Gasteiger partial charge in [-0.05, 0) is 37.1 Å². The molecular formula is C20H21N3O5. The van der Waals surface area contributed by atoms with Crippen LogP contribution in [0.2, 0.25) is 0 Å². The van der Waals surface area contributed by atoms with Crippen LogP contribution in [0.25, 0.3) is 0 Å². The van der Waals surface area contributed by atoms with Crippen LogP contribution in [-0.4, -0.2) is 41.8 Å². The normalized spacial score (nSPS) is 14.4. The summed E-state index contributed by atoms with van der Waals surface area (Å²) in [4.78, 5) is 37.3. The number of carbonyl (C=O) groups excluding carboxylic acids is 2. The third-order valence-corrected chi connectivity index (χ3v) is 4.82. The summed E-state index contributed by atoms with van der Waals surface area (Å²) in [7, 11) is 1.34. The number of nitro benzene ring substituents is 1. The standard InChI is InChI=1S/C20H21N3O5/c1-28-18-8-7-15(13-17(18)23(26)27)20(25)22-11-9-14(10-12-22)19(24)21-16-5-3-2-4-6-16/h2-8,13-14H,9-12H2,1H3,(H,21,24). The number of piperidine rings is 1. The predicted molar refractivity (Wildman–Crippen MR) is 103 cm³/mol. The van der Waals surface area contributed by atoms with E-state index in [2.05, 4.69) is 5.32 Å². The highest BCUT2D eigenvalue weighted by Gasteiger charge is 2.29. The van der Waals surface area contributed by atoms with Gasteiger partial charge in [0.15, 0.2) is 5.75 Å². The van der Waals surface area contributed by atoms with Gasteiger partial charge in [0.2, 0.25) is 5.91 Å². The Morgan fingerprint density at radius 3 is 2.43 bits per heavy atom. The molecule has 1 heterocycles. The van der Waals surface area contributed by atoms with E-state index in [1.807, 2.05) is 30.3 Å². The van der Waals surface area contributed by atoms with Crippen molar-refractivity contribution < 1.29 is 19.2 Å². The summed E-state index contributed by atoms with van der Waals surface area (Å²) >= 11 is 0. The summed E-state index contributed by atoms with van der Waals surface area (Å²) < 4.78 is 4.97. The number of ether oxygens (including phenoxy) is 1. The number of para-hydroxylation sites is 1. The van der Waals surface area contributed by atoms with E-state index in [1.165, 1.54) is 25.3 Å². The lowest BCUT2D eigenvalue weighted by molar-refractivity contribution is -0.385. The van der Waals surface area contributed by atoms with Gasteiger partial charge in [0.1, 0.15) is 0 Å². The molecule has 3 rings (SSSR count). The fourth-order valence-electron chi connectivity index (χ4n) is 3.26. The van der Waals surface area contributed by atoms with E-state index in [1.54, 1.807) is 4.90 Å². The molecule has 0 atom stereocenters. The van der Waals surface area contributed by atoms with Crippen LogP contribution in [0.4, 0.5) is 11.4 Å². The second-order valence-electron chi connectivity index (χ2n) is 6.57. The fourth-order valence-corrected chi connectivity index (χ4v) is 3.26. The minimum absolute atomic E-state index is 0.0571. The number of likely N-dealkylation sites (tertiary alicyclic amines) is 1. The van der Waals surface area contributed by atoms with Crippen molar-refractivity contribution in [1.29, 1.82) is 0 Å². The van der Waals surface area contributed by atoms with Gasteiger partial charge in [-0.25, -0.2) is 0 Å². The number of benzene rings is 2. The number of hydrogen-bond acceptors (Lipinski definition) is 5. The summed E-state index contributed by atoms with van der Waals surface area (Å²) in [6.07, 6.45) is 1.09. The number of nitrogens with zero attached hydrogens (tertiary/aromatic N) is 2. The molecule has 8 nitrogen and oxygen atoms in total. The van der Waals surface area contributed by atoms with Crippen LogP contribution in [-0.2, 0) is 4.79 Å². The molecule has 0 unspecified atom stereocenters. The molecule has 8 heteroatoms. The van der Waals surface area contributed by atoms with Crippen molar-refractivity contribution in [2.75, 3.05) is 25.5 Å². The monoisotopic (exact) mass is 383 g/mol. The Bertz CT molecular complexity index is 877. The van der Waals surface area contributed by atoms with E-state index in [-0.39, 0.29) is 34.7 Å². The zero-order chi connectivity index (χ0) is 20.1. The SMILES string of the molecule is COc1ccc(C(=O)N2CCC(C(=O)Nc3ccccc3)CC2)cc1[N+](=O)[O-]. The lowest BCUT2D eigenvalue weighted by Gasteiger charge is -2.31. The van der Waals surface area contributed by atoms with Gasteiger partial charge in [0.25, 0.3) is 5.91 Å². The van der Waals surface area contributed by atoms with Gasteiger partial charge in [0, 0.05) is 36.3 Å². The predicted octanol–water partition coefficient (Wildman–Crippen LogP) is 3.09. The first-order chi connectivity index (χ1) is 13.5. The van der Waals surface area contributed by atoms with E-state index < -0.39 is 4.92 Å². The van der Waals surface area contributed by atoms with Crippen molar-refractivity contribution >= 4 is 23.2 Å². The minimum atomic E-state index is -0.574. The van der Waals surface area contributed by atoms with Gasteiger partial charge >= 0.3 is 5.69 Å². The molecule has 28 heavy (non-hydrogen) atoms. The lowest BCUT2D eigenvalue weighted by Crippen LogP contribution is -2.41. The Morgan fingerprint density at radius 2 is 1.82 bits per heavy atom. The molecule has 2 aromatic carbocycles. The van der Waals surface area contributed by atoms with Crippen molar-refractivity contribution in [3.8, 4) is 5.75 Å². The van der Waals surface area contributed by atoms with Crippen LogP contribution >= 0.6 is 0 Å². The third kappa shape index (κ3) is 4.28. The van der Waals surface area contributed by atoms with Gasteiger partial charge in [-0.1, -0.05) is 18.2 Å². The molecule has 0 saturated carbocycles. The smallest absolute Gasteiger partial charge is 0.311 e. The maximum absolute atomic E-state index is 12.7. The maximum Gasteiger partial charge on any atom is 0.311 e. The van der Waals surface area contributed by atoms with Gasteiger partial charge in [-0.15, -0.1) is 0 Å². The second-order valence-corrected chi connectivity index (χ2v) is 6.57. The molecule has 2 amide bonds. The summed E-state index contributed by atoms with van der Waals surface area (Å²) in [5.74, 6) is -0.404. The van der Waals surface area contributed by atoms with Crippen molar-refractivity contribution in [2.45, 2.75) is 12.8 Å². The third-order valence-electron chi connectivity index (χ3n) is 4.82. The zero-order valence-electron chi connectivity index (χ0n) is 15.5. The van der Waals surface area contributed by atoms with Gasteiger partial charge in [0.05, 0.1) is 12.0 Å². The first-order valence-corrected chi connectivity index (χ1v) is 8.97. The Balaban J connectivity index is 1.61. The van der Waals surface area contributed by atoms with Gasteiger partial charge < -0.3 is 15.0 Å². The molecule has 1 aliphatic rings. The Kier molecular flexibility index (Phi) is 5.88. The largest absolute Gasteiger partial charge is 0.490 e. The van der Waals surface area contributed by atoms with Crippen molar-refractivity contribution in [1.82, 2.24) is 4.90 Å². The summed E-state index contributed by atoms with van der Waals surface area (Å²) in [6.45, 7) is 0.844. The lowest BCUT2D eigenvalue weighted by atomic mass is 9.95. The van der Waals surface area contributed by atoms with E-state index in [0.717, 1.165) is 5.69 Å². The average molecular weight is 383 g/mol. The van der Waals surface area contributed by atoms with E-state index in [9.17, 15) is 19.7 Å². The first-order valence-electron chi connectivity index (χ1n) is 8.97. The highest BCUT2D eigenvalue weighted by Crippen LogP contribution is 2.29. The van der Waals surface area contributed by atoms with E-state index in [0.29, 0.717) is 25.9 Å². The number of nitrogens with one attached hydrogen (secondary N) is 1. The molecular weight excluding hydrogens is 362 g/mol. The summed E-state index contributed by atoms with van der Waals surface area (Å²) in [5, 5.41) is 14.0. The molecule has 0 spiro atoms. The van der Waals surface area contributed by atoms with Crippen LogP contribution in [0.1, 0.15) is 23.2 Å². The van der Waals surface area contributed by atoms with Gasteiger partial charge in [-0.3, -0.25) is 19.7 Å². The number of carbonyl (C=O) groups is 2. The number of amides is 2. The fraction of sp³-hybridized carbons (Fsp3) is 0.300. The molecule has 0 bridgehead atoms. The number of nitro groups is 1. The van der Waals surface area contributed by atoms with E-state index >= 15 is 0 Å². The number of hydrogen-bond donors (Lipinski definition) is 1. The van der Waals surface area contributed by atoms with Crippen molar-refractivity contribution in [2.24, 2.45) is 5.92 Å². The maximum atomic E-state index is 12.7. The van der Waals surface area contributed by atoms with Crippen molar-refractivity contribution in [3.05, 3.63) is 64.2 Å². The van der Waals surface area contributed by atoms with Crippen molar-refractivity contribution in [3.63, 3.8) is 0 Å². The number of rotatable bonds is 5. The molecule has 1 saturated heterocycles. The second kappa shape index (κ2) is 8.51. The number of methoxy groups -OCH3 is 1. The van der Waals surface area contributed by atoms with Gasteiger partial charge in [-0.2, -0.15) is 0 Å². The van der Waals surface area contributed by atoms with E-state index in [4.69, 9.17) is 4.74 Å². The first kappa shape index (κ1) is 19.3. The molecule has 1 aliphatic heterocycles. The average Bonchev–Trinajstić information content (AvgIpc) is 2.73. The van der Waals surface area contributed by atoms with Crippen LogP contribution in [0.3, 0.4) is 0 Å².